The van der Waals surface area contributed by atoms with Crippen molar-refractivity contribution in [2.24, 2.45) is 11.8 Å². The number of para-hydroxylation sites is 3. The molecule has 1 N–H and O–H groups in total. The first-order valence-electron chi connectivity index (χ1n) is 13.9. The lowest BCUT2D eigenvalue weighted by Crippen LogP contribution is -2.58. The number of nitrogens with one attached hydrogen (secondary N) is 1. The van der Waals surface area contributed by atoms with Crippen LogP contribution in [0.15, 0.2) is 85.1 Å². The van der Waals surface area contributed by atoms with Crippen LogP contribution in [-0.2, 0) is 4.79 Å². The normalized spacial score (nSPS) is 24.8. The highest BCUT2D eigenvalue weighted by atomic mass is 16.5. The lowest BCUT2D eigenvalue weighted by atomic mass is 9.72. The SMILES string of the molecule is CC[C@H]1CN2CC[C@@H]1C[C@@H]2[C@H](NC(=O)C1c2ccccc2Oc2ccccc21)c1ccnc2ccccc12. The van der Waals surface area contributed by atoms with Crippen LogP contribution in [0, 0.1) is 11.8 Å². The molecule has 3 saturated heterocycles. The molecule has 0 aliphatic carbocycles. The number of hydrogen-bond donors (Lipinski definition) is 1. The minimum absolute atomic E-state index is 0.0220. The zero-order valence-electron chi connectivity index (χ0n) is 21.7. The molecule has 3 aromatic carbocycles. The van der Waals surface area contributed by atoms with E-state index in [1.807, 2.05) is 60.8 Å². The molecule has 5 heterocycles. The molecule has 8 rings (SSSR count). The van der Waals surface area contributed by atoms with Gasteiger partial charge in [0.15, 0.2) is 0 Å². The van der Waals surface area contributed by atoms with Gasteiger partial charge in [-0.05, 0) is 61.1 Å². The molecule has 4 aromatic rings. The molecule has 1 unspecified atom stereocenters. The van der Waals surface area contributed by atoms with Crippen LogP contribution in [-0.4, -0.2) is 34.9 Å². The minimum atomic E-state index is -0.425. The van der Waals surface area contributed by atoms with Crippen LogP contribution in [0.2, 0.25) is 0 Å². The predicted molar refractivity (Wildman–Crippen MR) is 149 cm³/mol. The Morgan fingerprint density at radius 3 is 2.42 bits per heavy atom. The molecule has 5 heteroatoms. The highest BCUT2D eigenvalue weighted by Crippen LogP contribution is 2.46. The fourth-order valence-corrected chi connectivity index (χ4v) is 7.19. The maximum atomic E-state index is 14.4. The van der Waals surface area contributed by atoms with E-state index in [4.69, 9.17) is 4.74 Å². The molecule has 192 valence electrons. The number of carbonyl (C=O) groups is 1. The van der Waals surface area contributed by atoms with Crippen molar-refractivity contribution in [2.45, 2.75) is 44.2 Å². The van der Waals surface area contributed by atoms with Crippen molar-refractivity contribution in [3.63, 3.8) is 0 Å². The predicted octanol–water partition coefficient (Wildman–Crippen LogP) is 6.45. The topological polar surface area (TPSA) is 54.5 Å². The number of rotatable bonds is 5. The Balaban J connectivity index is 1.31. The lowest BCUT2D eigenvalue weighted by Gasteiger charge is -2.52. The largest absolute Gasteiger partial charge is 0.457 e. The number of ether oxygens (including phenoxy) is 1. The van der Waals surface area contributed by atoms with Crippen molar-refractivity contribution in [1.29, 1.82) is 0 Å². The summed E-state index contributed by atoms with van der Waals surface area (Å²) in [6.07, 6.45) is 5.48. The molecule has 0 spiro atoms. The second-order valence-electron chi connectivity index (χ2n) is 11.0. The zero-order chi connectivity index (χ0) is 25.6. The van der Waals surface area contributed by atoms with Gasteiger partial charge in [0.25, 0.3) is 0 Å². The molecule has 1 aromatic heterocycles. The van der Waals surface area contributed by atoms with Crippen molar-refractivity contribution in [3.05, 3.63) is 102 Å². The van der Waals surface area contributed by atoms with Crippen molar-refractivity contribution in [1.82, 2.24) is 15.2 Å². The fourth-order valence-electron chi connectivity index (χ4n) is 7.19. The van der Waals surface area contributed by atoms with Gasteiger partial charge in [-0.25, -0.2) is 0 Å². The molecule has 3 fully saturated rings. The Kier molecular flexibility index (Phi) is 5.89. The van der Waals surface area contributed by atoms with Crippen LogP contribution in [0.5, 0.6) is 11.5 Å². The molecular formula is C33H33N3O2. The molecule has 5 atom stereocenters. The van der Waals surface area contributed by atoms with E-state index in [0.717, 1.165) is 64.5 Å². The van der Waals surface area contributed by atoms with Crippen LogP contribution < -0.4 is 10.1 Å². The van der Waals surface area contributed by atoms with Crippen LogP contribution in [0.1, 0.15) is 54.8 Å². The summed E-state index contributed by atoms with van der Waals surface area (Å²) >= 11 is 0. The number of nitrogens with zero attached hydrogens (tertiary/aromatic N) is 2. The van der Waals surface area contributed by atoms with Gasteiger partial charge in [0.05, 0.1) is 17.5 Å². The van der Waals surface area contributed by atoms with Gasteiger partial charge in [0.1, 0.15) is 11.5 Å². The highest BCUT2D eigenvalue weighted by Gasteiger charge is 2.44. The Bertz CT molecular complexity index is 1450. The summed E-state index contributed by atoms with van der Waals surface area (Å²) in [5.74, 6) is 2.57. The molecule has 1 amide bonds. The zero-order valence-corrected chi connectivity index (χ0v) is 21.7. The molecule has 2 bridgehead atoms. The second-order valence-corrected chi connectivity index (χ2v) is 11.0. The quantitative estimate of drug-likeness (QED) is 0.340. The Hall–Kier alpha value is -3.70. The molecule has 4 aliphatic heterocycles. The Morgan fingerprint density at radius 2 is 1.71 bits per heavy atom. The van der Waals surface area contributed by atoms with Crippen LogP contribution in [0.3, 0.4) is 0 Å². The number of amides is 1. The Morgan fingerprint density at radius 1 is 1.00 bits per heavy atom. The number of pyridine rings is 1. The third kappa shape index (κ3) is 3.88. The third-order valence-electron chi connectivity index (χ3n) is 9.10. The van der Waals surface area contributed by atoms with E-state index in [1.165, 1.54) is 12.8 Å². The lowest BCUT2D eigenvalue weighted by molar-refractivity contribution is -0.124. The first kappa shape index (κ1) is 23.4. The highest BCUT2D eigenvalue weighted by molar-refractivity contribution is 5.91. The van der Waals surface area contributed by atoms with Gasteiger partial charge in [-0.1, -0.05) is 67.9 Å². The monoisotopic (exact) mass is 503 g/mol. The average Bonchev–Trinajstić information content (AvgIpc) is 2.98. The molecular weight excluding hydrogens is 470 g/mol. The van der Waals surface area contributed by atoms with E-state index < -0.39 is 5.92 Å². The maximum Gasteiger partial charge on any atom is 0.232 e. The van der Waals surface area contributed by atoms with Gasteiger partial charge in [0.2, 0.25) is 5.91 Å². The average molecular weight is 504 g/mol. The fraction of sp³-hybridized carbons (Fsp3) is 0.333. The maximum absolute atomic E-state index is 14.4. The second kappa shape index (κ2) is 9.55. The van der Waals surface area contributed by atoms with Crippen LogP contribution in [0.4, 0.5) is 0 Å². The number of aromatic nitrogens is 1. The van der Waals surface area contributed by atoms with Crippen LogP contribution >= 0.6 is 0 Å². The summed E-state index contributed by atoms with van der Waals surface area (Å²) in [4.78, 5) is 21.7. The van der Waals surface area contributed by atoms with E-state index >= 15 is 0 Å². The van der Waals surface area contributed by atoms with Gasteiger partial charge >= 0.3 is 0 Å². The summed E-state index contributed by atoms with van der Waals surface area (Å²) < 4.78 is 6.19. The minimum Gasteiger partial charge on any atom is -0.457 e. The van der Waals surface area contributed by atoms with E-state index in [-0.39, 0.29) is 18.0 Å². The number of hydrogen-bond acceptors (Lipinski definition) is 4. The van der Waals surface area contributed by atoms with E-state index in [1.54, 1.807) is 0 Å². The summed E-state index contributed by atoms with van der Waals surface area (Å²) in [7, 11) is 0. The van der Waals surface area contributed by atoms with Gasteiger partial charge in [0, 0.05) is 35.3 Å². The van der Waals surface area contributed by atoms with Crippen molar-refractivity contribution in [3.8, 4) is 11.5 Å². The number of benzene rings is 3. The van der Waals surface area contributed by atoms with E-state index in [2.05, 4.69) is 46.4 Å². The van der Waals surface area contributed by atoms with Crippen LogP contribution in [0.25, 0.3) is 10.9 Å². The van der Waals surface area contributed by atoms with Crippen molar-refractivity contribution >= 4 is 16.8 Å². The smallest absolute Gasteiger partial charge is 0.232 e. The van der Waals surface area contributed by atoms with Crippen molar-refractivity contribution in [2.75, 3.05) is 13.1 Å². The summed E-state index contributed by atoms with van der Waals surface area (Å²) in [5, 5.41) is 4.71. The summed E-state index contributed by atoms with van der Waals surface area (Å²) in [6, 6.07) is 26.4. The van der Waals surface area contributed by atoms with Gasteiger partial charge < -0.3 is 10.1 Å². The third-order valence-corrected chi connectivity index (χ3v) is 9.10. The van der Waals surface area contributed by atoms with E-state index in [9.17, 15) is 4.79 Å². The molecule has 38 heavy (non-hydrogen) atoms. The standard InChI is InChI=1S/C33H33N3O2/c1-2-21-20-36-18-16-22(21)19-28(36)32(24-15-17-34-27-12-6-3-9-23(24)27)35-33(37)31-25-10-4-7-13-29(25)38-30-14-8-5-11-26(30)31/h3-15,17,21-22,28,31-32H,2,16,18-20H2,1H3,(H,35,37)/t21-,22+,28+,32+/m0/s1. The molecule has 5 nitrogen and oxygen atoms in total. The molecule has 4 aliphatic rings. The number of fused-ring (bicyclic) bond motifs is 6. The summed E-state index contributed by atoms with van der Waals surface area (Å²) in [6.45, 7) is 4.53. The molecule has 0 saturated carbocycles. The van der Waals surface area contributed by atoms with Gasteiger partial charge in [-0.2, -0.15) is 0 Å². The first-order valence-corrected chi connectivity index (χ1v) is 13.9. The number of carbonyl (C=O) groups excluding carboxylic acids is 1. The molecule has 0 radical (unpaired) electrons. The summed E-state index contributed by atoms with van der Waals surface area (Å²) in [5.41, 5.74) is 3.95. The van der Waals surface area contributed by atoms with Gasteiger partial charge in [-0.3, -0.25) is 14.7 Å². The first-order chi connectivity index (χ1) is 18.7. The number of piperidine rings is 3. The Labute approximate surface area is 223 Å². The van der Waals surface area contributed by atoms with Gasteiger partial charge in [-0.15, -0.1) is 0 Å². The van der Waals surface area contributed by atoms with E-state index in [0.29, 0.717) is 5.92 Å². The van der Waals surface area contributed by atoms with Crippen molar-refractivity contribution < 1.29 is 9.53 Å².